The Morgan fingerprint density at radius 3 is 2.58 bits per heavy atom. The van der Waals surface area contributed by atoms with Crippen molar-refractivity contribution < 1.29 is 14.3 Å². The monoisotopic (exact) mass is 361 g/mol. The summed E-state index contributed by atoms with van der Waals surface area (Å²) >= 11 is 0. The summed E-state index contributed by atoms with van der Waals surface area (Å²) in [6.07, 6.45) is 1.63. The van der Waals surface area contributed by atoms with Gasteiger partial charge < -0.3 is 20.3 Å². The van der Waals surface area contributed by atoms with Gasteiger partial charge in [0.15, 0.2) is 0 Å². The van der Waals surface area contributed by atoms with Crippen LogP contribution in [0.1, 0.15) is 39.2 Å². The van der Waals surface area contributed by atoms with Crippen molar-refractivity contribution in [3.05, 3.63) is 35.9 Å². The van der Waals surface area contributed by atoms with E-state index in [9.17, 15) is 9.59 Å². The zero-order chi connectivity index (χ0) is 19.1. The van der Waals surface area contributed by atoms with Gasteiger partial charge in [-0.3, -0.25) is 4.79 Å². The molecule has 1 saturated heterocycles. The Labute approximate surface area is 156 Å². The number of nitrogens with two attached hydrogens (primary N) is 1. The van der Waals surface area contributed by atoms with E-state index in [4.69, 9.17) is 10.5 Å². The first-order valence-corrected chi connectivity index (χ1v) is 9.40. The Morgan fingerprint density at radius 2 is 1.96 bits per heavy atom. The molecule has 0 aromatic heterocycles. The van der Waals surface area contributed by atoms with E-state index in [1.165, 1.54) is 0 Å². The third-order valence-electron chi connectivity index (χ3n) is 4.74. The fourth-order valence-electron chi connectivity index (χ4n) is 3.28. The Bertz CT molecular complexity index is 589. The maximum Gasteiger partial charge on any atom is 0.410 e. The number of piperidine rings is 1. The van der Waals surface area contributed by atoms with Gasteiger partial charge >= 0.3 is 6.09 Å². The van der Waals surface area contributed by atoms with E-state index in [-0.39, 0.29) is 30.6 Å². The molecule has 1 unspecified atom stereocenters. The predicted molar refractivity (Wildman–Crippen MR) is 101 cm³/mol. The van der Waals surface area contributed by atoms with Crippen molar-refractivity contribution in [2.75, 3.05) is 19.6 Å². The number of carbonyl (C=O) groups excluding carboxylic acids is 2. The summed E-state index contributed by atoms with van der Waals surface area (Å²) in [5.74, 6) is 0.232. The number of hydrogen-bond acceptors (Lipinski definition) is 4. The lowest BCUT2D eigenvalue weighted by Crippen LogP contribution is -2.50. The SMILES string of the molecule is CC(C)N(CC1CCCN(C(=O)[C@H](C)N)C1)C(=O)OCc1ccccc1. The molecule has 6 heteroatoms. The highest BCUT2D eigenvalue weighted by Gasteiger charge is 2.29. The standard InChI is InChI=1S/C20H31N3O3/c1-15(2)23(20(25)26-14-17-8-5-4-6-9-17)13-18-10-7-11-22(12-18)19(24)16(3)21/h4-6,8-9,15-16,18H,7,10-14,21H2,1-3H3/t16-,18?/m0/s1. The zero-order valence-corrected chi connectivity index (χ0v) is 16.1. The molecule has 1 fully saturated rings. The van der Waals surface area contributed by atoms with Crippen molar-refractivity contribution in [1.29, 1.82) is 0 Å². The summed E-state index contributed by atoms with van der Waals surface area (Å²) in [5, 5.41) is 0. The second kappa shape index (κ2) is 9.57. The molecule has 2 N–H and O–H groups in total. The highest BCUT2D eigenvalue weighted by atomic mass is 16.6. The van der Waals surface area contributed by atoms with E-state index < -0.39 is 6.04 Å². The predicted octanol–water partition coefficient (Wildman–Crippen LogP) is 2.62. The third kappa shape index (κ3) is 5.73. The number of amides is 2. The van der Waals surface area contributed by atoms with Gasteiger partial charge in [0.2, 0.25) is 5.91 Å². The van der Waals surface area contributed by atoms with Crippen LogP contribution in [0.2, 0.25) is 0 Å². The van der Waals surface area contributed by atoms with Crippen molar-refractivity contribution in [3.63, 3.8) is 0 Å². The molecule has 1 aliphatic heterocycles. The van der Waals surface area contributed by atoms with Gasteiger partial charge in [-0.15, -0.1) is 0 Å². The lowest BCUT2D eigenvalue weighted by Gasteiger charge is -2.37. The molecular weight excluding hydrogens is 330 g/mol. The van der Waals surface area contributed by atoms with Crippen molar-refractivity contribution in [3.8, 4) is 0 Å². The van der Waals surface area contributed by atoms with Gasteiger partial charge in [-0.25, -0.2) is 4.79 Å². The molecule has 2 rings (SSSR count). The number of benzene rings is 1. The normalized spacial score (nSPS) is 18.5. The highest BCUT2D eigenvalue weighted by Crippen LogP contribution is 2.20. The molecule has 1 aromatic carbocycles. The van der Waals surface area contributed by atoms with E-state index in [0.29, 0.717) is 13.1 Å². The van der Waals surface area contributed by atoms with E-state index in [0.717, 1.165) is 24.9 Å². The molecular formula is C20H31N3O3. The first-order valence-electron chi connectivity index (χ1n) is 9.40. The smallest absolute Gasteiger partial charge is 0.410 e. The van der Waals surface area contributed by atoms with Crippen LogP contribution >= 0.6 is 0 Å². The maximum atomic E-state index is 12.6. The number of carbonyl (C=O) groups is 2. The summed E-state index contributed by atoms with van der Waals surface area (Å²) < 4.78 is 5.49. The van der Waals surface area contributed by atoms with Crippen LogP contribution in [0.25, 0.3) is 0 Å². The van der Waals surface area contributed by atoms with Crippen LogP contribution in [-0.2, 0) is 16.1 Å². The van der Waals surface area contributed by atoms with E-state index in [1.807, 2.05) is 49.1 Å². The van der Waals surface area contributed by atoms with Crippen LogP contribution < -0.4 is 5.73 Å². The topological polar surface area (TPSA) is 75.9 Å². The molecule has 6 nitrogen and oxygen atoms in total. The average Bonchev–Trinajstić information content (AvgIpc) is 2.64. The number of nitrogens with zero attached hydrogens (tertiary/aromatic N) is 2. The molecule has 1 aromatic rings. The summed E-state index contributed by atoms with van der Waals surface area (Å²) in [7, 11) is 0. The highest BCUT2D eigenvalue weighted by molar-refractivity contribution is 5.81. The largest absolute Gasteiger partial charge is 0.445 e. The van der Waals surface area contributed by atoms with Gasteiger partial charge in [-0.05, 0) is 45.1 Å². The van der Waals surface area contributed by atoms with E-state index in [2.05, 4.69) is 0 Å². The molecule has 2 amide bonds. The number of likely N-dealkylation sites (tertiary alicyclic amines) is 1. The van der Waals surface area contributed by atoms with Crippen LogP contribution in [0.4, 0.5) is 4.79 Å². The van der Waals surface area contributed by atoms with Gasteiger partial charge in [-0.2, -0.15) is 0 Å². The maximum absolute atomic E-state index is 12.6. The summed E-state index contributed by atoms with van der Waals surface area (Å²) in [6.45, 7) is 7.94. The molecule has 2 atom stereocenters. The van der Waals surface area contributed by atoms with Crippen molar-refractivity contribution >= 4 is 12.0 Å². The van der Waals surface area contributed by atoms with Gasteiger partial charge in [-0.1, -0.05) is 30.3 Å². The first kappa shape index (κ1) is 20.2. The van der Waals surface area contributed by atoms with Gasteiger partial charge in [0.1, 0.15) is 6.61 Å². The van der Waals surface area contributed by atoms with Crippen molar-refractivity contribution in [1.82, 2.24) is 9.80 Å². The van der Waals surface area contributed by atoms with Crippen LogP contribution in [-0.4, -0.2) is 53.5 Å². The van der Waals surface area contributed by atoms with Crippen molar-refractivity contribution in [2.45, 2.75) is 52.3 Å². The van der Waals surface area contributed by atoms with Crippen molar-refractivity contribution in [2.24, 2.45) is 11.7 Å². The molecule has 0 saturated carbocycles. The van der Waals surface area contributed by atoms with Crippen LogP contribution in [0.3, 0.4) is 0 Å². The quantitative estimate of drug-likeness (QED) is 0.845. The summed E-state index contributed by atoms with van der Waals surface area (Å²) in [4.78, 5) is 28.3. The first-order chi connectivity index (χ1) is 12.4. The fraction of sp³-hybridized carbons (Fsp3) is 0.600. The third-order valence-corrected chi connectivity index (χ3v) is 4.74. The zero-order valence-electron chi connectivity index (χ0n) is 16.1. The molecule has 26 heavy (non-hydrogen) atoms. The molecule has 0 bridgehead atoms. The molecule has 1 heterocycles. The number of rotatable bonds is 6. The summed E-state index contributed by atoms with van der Waals surface area (Å²) in [6, 6.07) is 9.22. The minimum absolute atomic E-state index is 0.0162. The van der Waals surface area contributed by atoms with Crippen LogP contribution in [0, 0.1) is 5.92 Å². The number of hydrogen-bond donors (Lipinski definition) is 1. The molecule has 144 valence electrons. The molecule has 0 spiro atoms. The average molecular weight is 361 g/mol. The number of ether oxygens (including phenoxy) is 1. The second-order valence-electron chi connectivity index (χ2n) is 7.37. The van der Waals surface area contributed by atoms with E-state index in [1.54, 1.807) is 11.8 Å². The Kier molecular flexibility index (Phi) is 7.45. The molecule has 1 aliphatic rings. The van der Waals surface area contributed by atoms with Crippen LogP contribution in [0.5, 0.6) is 0 Å². The Balaban J connectivity index is 1.92. The summed E-state index contributed by atoms with van der Waals surface area (Å²) in [5.41, 5.74) is 6.70. The Morgan fingerprint density at radius 1 is 1.27 bits per heavy atom. The van der Waals surface area contributed by atoms with E-state index >= 15 is 0 Å². The molecule has 0 radical (unpaired) electrons. The van der Waals surface area contributed by atoms with Gasteiger partial charge in [0, 0.05) is 25.7 Å². The minimum atomic E-state index is -0.481. The van der Waals surface area contributed by atoms with Gasteiger partial charge in [0.05, 0.1) is 6.04 Å². The van der Waals surface area contributed by atoms with Gasteiger partial charge in [0.25, 0.3) is 0 Å². The lowest BCUT2D eigenvalue weighted by atomic mass is 9.96. The Hall–Kier alpha value is -2.08. The molecule has 0 aliphatic carbocycles. The van der Waals surface area contributed by atoms with Crippen LogP contribution in [0.15, 0.2) is 30.3 Å². The minimum Gasteiger partial charge on any atom is -0.445 e. The second-order valence-corrected chi connectivity index (χ2v) is 7.37. The lowest BCUT2D eigenvalue weighted by molar-refractivity contribution is -0.134. The fourth-order valence-corrected chi connectivity index (χ4v) is 3.28.